The number of hydrogen-bond acceptors (Lipinski definition) is 8. The smallest absolute Gasteiger partial charge is 0.374 e. The number of fused-ring (bicyclic) bond motifs is 1. The van der Waals surface area contributed by atoms with Crippen LogP contribution in [-0.2, 0) is 17.0 Å². The summed E-state index contributed by atoms with van der Waals surface area (Å²) in [6, 6.07) is 11.2. The van der Waals surface area contributed by atoms with Crippen molar-refractivity contribution < 1.29 is 18.4 Å². The monoisotopic (exact) mass is 384 g/mol. The van der Waals surface area contributed by atoms with Crippen molar-refractivity contribution in [1.29, 1.82) is 0 Å². The van der Waals surface area contributed by atoms with Gasteiger partial charge in [0.25, 0.3) is 0 Å². The molecule has 3 heterocycles. The number of nitrogens with zero attached hydrogens (tertiary/aromatic N) is 4. The van der Waals surface area contributed by atoms with Crippen LogP contribution in [0.1, 0.15) is 28.8 Å². The number of ether oxygens (including phenoxy) is 1. The van der Waals surface area contributed by atoms with Crippen LogP contribution in [-0.4, -0.2) is 32.8 Å². The van der Waals surface area contributed by atoms with Gasteiger partial charge < -0.3 is 13.6 Å². The molecule has 0 fully saturated rings. The molecule has 8 nitrogen and oxygen atoms in total. The van der Waals surface area contributed by atoms with E-state index in [-0.39, 0.29) is 12.4 Å². The second kappa shape index (κ2) is 7.67. The third-order valence-corrected chi connectivity index (χ3v) is 4.87. The average Bonchev–Trinajstić information content (AvgIpc) is 3.41. The molecule has 0 spiro atoms. The lowest BCUT2D eigenvalue weighted by molar-refractivity contribution is 0.0491. The number of benzene rings is 1. The number of carbonyl (C=O) groups is 1. The number of esters is 1. The van der Waals surface area contributed by atoms with Crippen LogP contribution in [0.2, 0.25) is 0 Å². The molecule has 0 aliphatic carbocycles. The van der Waals surface area contributed by atoms with E-state index >= 15 is 0 Å². The van der Waals surface area contributed by atoms with E-state index in [4.69, 9.17) is 13.6 Å². The Labute approximate surface area is 158 Å². The molecule has 0 aliphatic heterocycles. The van der Waals surface area contributed by atoms with Crippen LogP contribution in [0.4, 0.5) is 0 Å². The third-order valence-electron chi connectivity index (χ3n) is 3.89. The minimum absolute atomic E-state index is 0.218. The zero-order valence-corrected chi connectivity index (χ0v) is 15.3. The Kier molecular flexibility index (Phi) is 4.93. The fourth-order valence-electron chi connectivity index (χ4n) is 2.69. The van der Waals surface area contributed by atoms with E-state index in [1.807, 2.05) is 36.4 Å². The lowest BCUT2D eigenvalue weighted by atomic mass is 10.1. The highest BCUT2D eigenvalue weighted by Gasteiger charge is 2.22. The molecular weight excluding hydrogens is 368 g/mol. The van der Waals surface area contributed by atoms with Gasteiger partial charge in [0, 0.05) is 16.7 Å². The first kappa shape index (κ1) is 17.3. The van der Waals surface area contributed by atoms with Gasteiger partial charge in [0.15, 0.2) is 0 Å². The number of para-hydroxylation sites is 1. The zero-order valence-electron chi connectivity index (χ0n) is 14.5. The lowest BCUT2D eigenvalue weighted by Crippen LogP contribution is -2.06. The molecule has 1 aromatic carbocycles. The van der Waals surface area contributed by atoms with Gasteiger partial charge >= 0.3 is 5.97 Å². The molecule has 138 valence electrons. The molecule has 0 bridgehead atoms. The van der Waals surface area contributed by atoms with Crippen molar-refractivity contribution in [1.82, 2.24) is 20.2 Å². The van der Waals surface area contributed by atoms with E-state index < -0.39 is 5.97 Å². The number of furan rings is 2. The number of rotatable bonds is 7. The Balaban J connectivity index is 1.60. The van der Waals surface area contributed by atoms with Crippen LogP contribution in [0.5, 0.6) is 0 Å². The Morgan fingerprint density at radius 2 is 2.15 bits per heavy atom. The summed E-state index contributed by atoms with van der Waals surface area (Å²) in [5.74, 6) is 0.962. The van der Waals surface area contributed by atoms with Crippen molar-refractivity contribution >= 4 is 28.7 Å². The van der Waals surface area contributed by atoms with E-state index in [0.717, 1.165) is 16.7 Å². The highest BCUT2D eigenvalue weighted by molar-refractivity contribution is 7.98. The van der Waals surface area contributed by atoms with Crippen molar-refractivity contribution in [2.75, 3.05) is 6.61 Å². The fraction of sp³-hybridized carbons (Fsp3) is 0.222. The second-order valence-corrected chi connectivity index (χ2v) is 6.56. The second-order valence-electron chi connectivity index (χ2n) is 5.61. The summed E-state index contributed by atoms with van der Waals surface area (Å²) in [6.45, 7) is 2.47. The molecule has 9 heteroatoms. The molecule has 0 amide bonds. The van der Waals surface area contributed by atoms with E-state index in [9.17, 15) is 4.79 Å². The molecule has 4 rings (SSSR count). The van der Waals surface area contributed by atoms with Gasteiger partial charge in [0.05, 0.1) is 12.9 Å². The molecule has 0 radical (unpaired) electrons. The van der Waals surface area contributed by atoms with Gasteiger partial charge in [-0.1, -0.05) is 30.0 Å². The maximum atomic E-state index is 12.3. The Morgan fingerprint density at radius 1 is 1.26 bits per heavy atom. The summed E-state index contributed by atoms with van der Waals surface area (Å²) in [4.78, 5) is 12.3. The van der Waals surface area contributed by atoms with Crippen molar-refractivity contribution in [2.45, 2.75) is 24.4 Å². The largest absolute Gasteiger partial charge is 0.467 e. The van der Waals surface area contributed by atoms with E-state index in [1.165, 1.54) is 11.8 Å². The summed E-state index contributed by atoms with van der Waals surface area (Å²) in [5, 5.41) is 13.3. The van der Waals surface area contributed by atoms with Crippen molar-refractivity contribution in [2.24, 2.45) is 0 Å². The van der Waals surface area contributed by atoms with E-state index in [0.29, 0.717) is 23.0 Å². The third kappa shape index (κ3) is 3.59. The van der Waals surface area contributed by atoms with E-state index in [1.54, 1.807) is 17.9 Å². The number of aromatic nitrogens is 4. The molecule has 0 saturated carbocycles. The molecule has 0 atom stereocenters. The van der Waals surface area contributed by atoms with Gasteiger partial charge in [-0.3, -0.25) is 0 Å². The summed E-state index contributed by atoms with van der Waals surface area (Å²) in [7, 11) is 0. The SMILES string of the molecule is CCOC(=O)c1oc2ccccc2c1CSc1nnnn1Cc1ccco1. The Bertz CT molecular complexity index is 1050. The van der Waals surface area contributed by atoms with Crippen LogP contribution >= 0.6 is 11.8 Å². The molecule has 0 aliphatic rings. The van der Waals surface area contributed by atoms with Gasteiger partial charge in [-0.2, -0.15) is 0 Å². The first-order chi connectivity index (χ1) is 13.3. The highest BCUT2D eigenvalue weighted by atomic mass is 32.2. The minimum Gasteiger partial charge on any atom is -0.467 e. The van der Waals surface area contributed by atoms with E-state index in [2.05, 4.69) is 15.5 Å². The highest BCUT2D eigenvalue weighted by Crippen LogP contribution is 2.31. The van der Waals surface area contributed by atoms with Crippen molar-refractivity contribution in [3.63, 3.8) is 0 Å². The van der Waals surface area contributed by atoms with Crippen LogP contribution in [0.15, 0.2) is 56.7 Å². The predicted octanol–water partition coefficient (Wildman–Crippen LogP) is 3.53. The molecule has 3 aromatic heterocycles. The lowest BCUT2D eigenvalue weighted by Gasteiger charge is -2.04. The van der Waals surface area contributed by atoms with Gasteiger partial charge in [0.2, 0.25) is 10.9 Å². The molecule has 0 unspecified atom stereocenters. The van der Waals surface area contributed by atoms with Crippen molar-refractivity contribution in [3.05, 3.63) is 59.7 Å². The molecule has 0 N–H and O–H groups in total. The summed E-state index contributed by atoms with van der Waals surface area (Å²) < 4.78 is 17.9. The topological polar surface area (TPSA) is 96.2 Å². The van der Waals surface area contributed by atoms with Gasteiger partial charge in [-0.15, -0.1) is 5.10 Å². The first-order valence-corrected chi connectivity index (χ1v) is 9.33. The quantitative estimate of drug-likeness (QED) is 0.353. The molecule has 4 aromatic rings. The van der Waals surface area contributed by atoms with Crippen LogP contribution in [0.3, 0.4) is 0 Å². The number of thioether (sulfide) groups is 1. The van der Waals surface area contributed by atoms with Crippen LogP contribution < -0.4 is 0 Å². The summed E-state index contributed by atoms with van der Waals surface area (Å²) >= 11 is 1.42. The molecule has 27 heavy (non-hydrogen) atoms. The number of carbonyl (C=O) groups excluding carboxylic acids is 1. The van der Waals surface area contributed by atoms with Gasteiger partial charge in [-0.05, 0) is 35.5 Å². The average molecular weight is 384 g/mol. The van der Waals surface area contributed by atoms with Crippen LogP contribution in [0, 0.1) is 0 Å². The minimum atomic E-state index is -0.473. The zero-order chi connectivity index (χ0) is 18.6. The number of hydrogen-bond donors (Lipinski definition) is 0. The van der Waals surface area contributed by atoms with Crippen molar-refractivity contribution in [3.8, 4) is 0 Å². The fourth-order valence-corrected chi connectivity index (χ4v) is 3.59. The summed E-state index contributed by atoms with van der Waals surface area (Å²) in [6.07, 6.45) is 1.61. The Hall–Kier alpha value is -3.07. The summed E-state index contributed by atoms with van der Waals surface area (Å²) in [5.41, 5.74) is 1.41. The predicted molar refractivity (Wildman–Crippen MR) is 97.4 cm³/mol. The van der Waals surface area contributed by atoms with Crippen LogP contribution in [0.25, 0.3) is 11.0 Å². The van der Waals surface area contributed by atoms with Gasteiger partial charge in [0.1, 0.15) is 17.9 Å². The standard InChI is InChI=1S/C18H16N4O4S/c1-2-24-17(23)16-14(13-7-3-4-8-15(13)26-16)11-27-18-19-20-21-22(18)10-12-6-5-9-25-12/h3-9H,2,10-11H2,1H3. The Morgan fingerprint density at radius 3 is 2.96 bits per heavy atom. The van der Waals surface area contributed by atoms with Gasteiger partial charge in [-0.25, -0.2) is 9.48 Å². The molecular formula is C18H16N4O4S. The number of tetrazole rings is 1. The maximum Gasteiger partial charge on any atom is 0.374 e. The maximum absolute atomic E-state index is 12.3. The molecule has 0 saturated heterocycles. The first-order valence-electron chi connectivity index (χ1n) is 8.35. The normalized spacial score (nSPS) is 11.1.